The third-order valence-electron chi connectivity index (χ3n) is 7.96. The number of carbonyl (C=O) groups excluding carboxylic acids is 2. The molecule has 1 spiro atoms. The number of likely N-dealkylation sites (N-methyl/N-ethyl adjacent to an activating group) is 1. The molecule has 0 aliphatic carbocycles. The van der Waals surface area contributed by atoms with Crippen LogP contribution in [0.15, 0.2) is 48.9 Å². The largest absolute Gasteiger partial charge is 0.496 e. The molecule has 2 amide bonds. The van der Waals surface area contributed by atoms with Gasteiger partial charge in [-0.05, 0) is 61.9 Å². The number of carbonyl (C=O) groups is 3. The first-order valence-corrected chi connectivity index (χ1v) is 16.6. The summed E-state index contributed by atoms with van der Waals surface area (Å²) in [5.41, 5.74) is -0.723. The van der Waals surface area contributed by atoms with E-state index in [1.165, 1.54) is 35.0 Å². The molecule has 2 aliphatic heterocycles. The number of carboxylic acids is 1. The van der Waals surface area contributed by atoms with E-state index in [-0.39, 0.29) is 86.5 Å². The number of hydrogen-bond donors (Lipinski definition) is 5. The summed E-state index contributed by atoms with van der Waals surface area (Å²) in [6, 6.07) is 7.55. The Labute approximate surface area is 275 Å². The molecular weight excluding hydrogens is 659 g/mol. The monoisotopic (exact) mass is 696 g/mol. The van der Waals surface area contributed by atoms with Gasteiger partial charge in [0.2, 0.25) is 21.5 Å². The maximum Gasteiger partial charge on any atom is 0.416 e. The minimum Gasteiger partial charge on any atom is -0.496 e. The number of nitrogens with zero attached hydrogens (tertiary/aromatic N) is 1. The highest BCUT2D eigenvalue weighted by molar-refractivity contribution is 7.89. The van der Waals surface area contributed by atoms with E-state index in [1.54, 1.807) is 20.0 Å². The second-order valence-corrected chi connectivity index (χ2v) is 13.4. The summed E-state index contributed by atoms with van der Waals surface area (Å²) in [6.07, 6.45) is -1.90. The number of hydrogen-bond acceptors (Lipinski definition) is 8. The van der Waals surface area contributed by atoms with Crippen LogP contribution in [-0.2, 0) is 36.9 Å². The number of aryl methyl sites for hydroxylation is 2. The summed E-state index contributed by atoms with van der Waals surface area (Å²) in [7, 11) is -2.12. The zero-order valence-corrected chi connectivity index (χ0v) is 27.1. The molecule has 0 saturated carbocycles. The molecule has 0 aromatic heterocycles. The van der Waals surface area contributed by atoms with E-state index in [0.717, 1.165) is 12.1 Å². The summed E-state index contributed by atoms with van der Waals surface area (Å²) in [6.45, 7) is 1.69. The molecule has 4 rings (SSSR count). The third kappa shape index (κ3) is 9.11. The van der Waals surface area contributed by atoms with Crippen molar-refractivity contribution in [1.29, 1.82) is 0 Å². The van der Waals surface area contributed by atoms with Crippen molar-refractivity contribution in [2.24, 2.45) is 0 Å². The number of rotatable bonds is 14. The lowest BCUT2D eigenvalue weighted by atomic mass is 9.89. The number of amides is 2. The first-order chi connectivity index (χ1) is 22.6. The van der Waals surface area contributed by atoms with Crippen LogP contribution in [0.1, 0.15) is 45.5 Å². The molecule has 2 aliphatic rings. The Balaban J connectivity index is 1.40. The summed E-state index contributed by atoms with van der Waals surface area (Å²) in [5, 5.41) is 16.9. The second-order valence-electron chi connectivity index (χ2n) is 11.3. The van der Waals surface area contributed by atoms with Crippen molar-refractivity contribution in [3.63, 3.8) is 0 Å². The molecule has 1 saturated heterocycles. The Morgan fingerprint density at radius 2 is 1.88 bits per heavy atom. The molecule has 0 atom stereocenters. The van der Waals surface area contributed by atoms with Crippen molar-refractivity contribution in [3.05, 3.63) is 76.7 Å². The molecule has 13 nitrogen and oxygen atoms in total. The van der Waals surface area contributed by atoms with Crippen LogP contribution in [0.5, 0.6) is 5.75 Å². The van der Waals surface area contributed by atoms with Crippen molar-refractivity contribution in [2.75, 3.05) is 45.6 Å². The number of alkyl halides is 3. The number of sulfonamides is 1. The van der Waals surface area contributed by atoms with Gasteiger partial charge in [-0.2, -0.15) is 13.2 Å². The van der Waals surface area contributed by atoms with Crippen LogP contribution in [0.4, 0.5) is 13.2 Å². The molecule has 5 N–H and O–H groups in total. The summed E-state index contributed by atoms with van der Waals surface area (Å²) >= 11 is 0. The van der Waals surface area contributed by atoms with Gasteiger partial charge in [0, 0.05) is 32.1 Å². The van der Waals surface area contributed by atoms with Gasteiger partial charge in [0.15, 0.2) is 0 Å². The summed E-state index contributed by atoms with van der Waals surface area (Å²) in [4.78, 5) is 38.7. The molecule has 48 heavy (non-hydrogen) atoms. The Morgan fingerprint density at radius 1 is 1.15 bits per heavy atom. The minimum atomic E-state index is -4.71. The zero-order chi connectivity index (χ0) is 35.1. The minimum absolute atomic E-state index is 0.0114. The van der Waals surface area contributed by atoms with Crippen LogP contribution < -0.4 is 25.7 Å². The number of nitrogens with one attached hydrogen (secondary N) is 4. The molecule has 260 valence electrons. The van der Waals surface area contributed by atoms with E-state index >= 15 is 0 Å². The predicted molar refractivity (Wildman–Crippen MR) is 166 cm³/mol. The van der Waals surface area contributed by atoms with E-state index in [0.29, 0.717) is 11.1 Å². The van der Waals surface area contributed by atoms with Gasteiger partial charge in [0.1, 0.15) is 19.0 Å². The SMILES string of the molecule is CNCC(=O)N/C=C/OCCOc1cc(C2=[NH+]C3(CCN(S(=O)(=O)CCc4ccc(C(=O)O)cc4C)CC3)C(=O)N2)cc(C(F)(F)F)c1. The van der Waals surface area contributed by atoms with E-state index in [9.17, 15) is 36.0 Å². The average molecular weight is 697 g/mol. The van der Waals surface area contributed by atoms with Gasteiger partial charge in [0.25, 0.3) is 5.84 Å². The van der Waals surface area contributed by atoms with Crippen molar-refractivity contribution < 1.29 is 55.5 Å². The maximum atomic E-state index is 13.8. The van der Waals surface area contributed by atoms with Crippen molar-refractivity contribution in [2.45, 2.75) is 37.9 Å². The molecule has 2 aromatic rings. The highest BCUT2D eigenvalue weighted by Gasteiger charge is 2.52. The molecule has 1 fully saturated rings. The number of ether oxygens (including phenoxy) is 2. The Bertz CT molecular complexity index is 1700. The smallest absolute Gasteiger partial charge is 0.416 e. The van der Waals surface area contributed by atoms with Crippen molar-refractivity contribution in [1.82, 2.24) is 20.3 Å². The summed E-state index contributed by atoms with van der Waals surface area (Å²) < 4.78 is 79.6. The predicted octanol–water partition coefficient (Wildman–Crippen LogP) is 0.278. The van der Waals surface area contributed by atoms with Gasteiger partial charge in [-0.1, -0.05) is 6.07 Å². The molecule has 0 unspecified atom stereocenters. The maximum absolute atomic E-state index is 13.8. The first-order valence-electron chi connectivity index (χ1n) is 15.0. The standard InChI is InChI=1S/C31H36F3N5O8S/c1-20-15-22(28(41)42)4-3-21(20)5-14-48(44,45)39-9-6-30(7-10-39)29(43)37-27(38-30)23-16-24(31(32,33)34)18-25(17-23)47-13-12-46-11-8-36-26(40)19-35-2/h3-4,8,11,15-18,35H,5-7,9-10,12-14,19H2,1-2H3,(H,36,40)(H,41,42)(H,37,38,43)/p+1/b11-8+. The molecule has 2 heterocycles. The van der Waals surface area contributed by atoms with Gasteiger partial charge in [-0.15, -0.1) is 0 Å². The lowest BCUT2D eigenvalue weighted by Gasteiger charge is -2.32. The zero-order valence-electron chi connectivity index (χ0n) is 26.3. The number of amidine groups is 1. The van der Waals surface area contributed by atoms with E-state index in [4.69, 9.17) is 14.6 Å². The van der Waals surface area contributed by atoms with Crippen molar-refractivity contribution >= 4 is 33.6 Å². The quantitative estimate of drug-likeness (QED) is 0.137. The van der Waals surface area contributed by atoms with E-state index < -0.39 is 39.2 Å². The number of halogens is 3. The number of benzene rings is 2. The molecule has 17 heteroatoms. The Hall–Kier alpha value is -4.48. The third-order valence-corrected chi connectivity index (χ3v) is 9.84. The Kier molecular flexibility index (Phi) is 11.5. The molecule has 2 aromatic carbocycles. The van der Waals surface area contributed by atoms with Crippen molar-refractivity contribution in [3.8, 4) is 5.75 Å². The van der Waals surface area contributed by atoms with Crippen LogP contribution in [0.25, 0.3) is 0 Å². The van der Waals surface area contributed by atoms with Gasteiger partial charge in [0.05, 0.1) is 35.3 Å². The Morgan fingerprint density at radius 3 is 2.52 bits per heavy atom. The van der Waals surface area contributed by atoms with Gasteiger partial charge in [-0.25, -0.2) is 27.6 Å². The molecule has 0 bridgehead atoms. The second kappa shape index (κ2) is 15.2. The first kappa shape index (κ1) is 36.4. The van der Waals surface area contributed by atoms with Gasteiger partial charge < -0.3 is 25.2 Å². The average Bonchev–Trinajstić information content (AvgIpc) is 3.34. The fraction of sp³-hybridized carbons (Fsp3) is 0.419. The molecular formula is C31H37F3N5O8S+. The lowest BCUT2D eigenvalue weighted by molar-refractivity contribution is -0.533. The normalized spacial score (nSPS) is 16.5. The number of carboxylic acid groups (broad SMARTS) is 1. The van der Waals surface area contributed by atoms with E-state index in [2.05, 4.69) is 20.9 Å². The van der Waals surface area contributed by atoms with Crippen LogP contribution in [0.3, 0.4) is 0 Å². The van der Waals surface area contributed by atoms with Crippen LogP contribution >= 0.6 is 0 Å². The van der Waals surface area contributed by atoms with E-state index in [1.807, 2.05) is 0 Å². The topological polar surface area (TPSA) is 177 Å². The summed E-state index contributed by atoms with van der Waals surface area (Å²) in [5.74, 6) is -2.14. The fourth-order valence-electron chi connectivity index (χ4n) is 5.33. The number of piperidine rings is 1. The van der Waals surface area contributed by atoms with Crippen LogP contribution in [-0.4, -0.2) is 92.6 Å². The highest BCUT2D eigenvalue weighted by atomic mass is 32.2. The number of aromatic carboxylic acids is 1. The van der Waals surface area contributed by atoms with Crippen LogP contribution in [0, 0.1) is 6.92 Å². The highest BCUT2D eigenvalue weighted by Crippen LogP contribution is 2.33. The molecule has 0 radical (unpaired) electrons. The fourth-order valence-corrected chi connectivity index (χ4v) is 6.81. The lowest BCUT2D eigenvalue weighted by Crippen LogP contribution is -2.87. The van der Waals surface area contributed by atoms with Crippen LogP contribution in [0.2, 0.25) is 0 Å². The van der Waals surface area contributed by atoms with Gasteiger partial charge >= 0.3 is 18.1 Å². The van der Waals surface area contributed by atoms with Gasteiger partial charge in [-0.3, -0.25) is 9.79 Å².